The van der Waals surface area contributed by atoms with E-state index in [-0.39, 0.29) is 11.3 Å². The normalized spacial score (nSPS) is 23.2. The Kier molecular flexibility index (Phi) is 6.51. The Morgan fingerprint density at radius 1 is 1.10 bits per heavy atom. The van der Waals surface area contributed by atoms with E-state index in [1.54, 1.807) is 0 Å². The summed E-state index contributed by atoms with van der Waals surface area (Å²) in [6.45, 7) is 6.97. The highest BCUT2D eigenvalue weighted by molar-refractivity contribution is 7.28. The van der Waals surface area contributed by atoms with E-state index in [1.165, 1.54) is 57.2 Å². The average molecular weight is 583 g/mol. The molecule has 2 aromatic heterocycles. The highest BCUT2D eigenvalue weighted by Gasteiger charge is 2.45. The molecule has 8 rings (SSSR count). The van der Waals surface area contributed by atoms with Gasteiger partial charge >= 0.3 is 6.01 Å². The van der Waals surface area contributed by atoms with Crippen LogP contribution < -0.4 is 20.3 Å². The van der Waals surface area contributed by atoms with Crippen LogP contribution in [-0.4, -0.2) is 75.4 Å². The number of nitrogens with one attached hydrogen (secondary N) is 1. The van der Waals surface area contributed by atoms with E-state index in [9.17, 15) is 5.11 Å². The number of hydrogen-bond acceptors (Lipinski definition) is 8. The predicted octanol–water partition coefficient (Wildman–Crippen LogP) is 4.56. The molecule has 0 radical (unpaired) electrons. The summed E-state index contributed by atoms with van der Waals surface area (Å²) in [7, 11) is 2.92. The van der Waals surface area contributed by atoms with Crippen LogP contribution in [0.15, 0.2) is 36.5 Å². The van der Waals surface area contributed by atoms with Crippen LogP contribution in [0.3, 0.4) is 0 Å². The maximum absolute atomic E-state index is 10.7. The van der Waals surface area contributed by atoms with Crippen molar-refractivity contribution in [3.05, 3.63) is 42.1 Å². The maximum atomic E-state index is 10.7. The summed E-state index contributed by atoms with van der Waals surface area (Å²) in [6, 6.07) is 11.4. The molecule has 8 nitrogen and oxygen atoms in total. The first-order valence-electron chi connectivity index (χ1n) is 15.6. The molecule has 2 N–H and O–H groups in total. The first-order chi connectivity index (χ1) is 20.5. The molecule has 0 saturated carbocycles. The minimum Gasteiger partial charge on any atom is -0.508 e. The van der Waals surface area contributed by atoms with E-state index in [2.05, 4.69) is 49.5 Å². The van der Waals surface area contributed by atoms with Crippen LogP contribution in [-0.2, 0) is 6.42 Å². The molecule has 3 atom stereocenters. The fourth-order valence-corrected chi connectivity index (χ4v) is 8.64. The lowest BCUT2D eigenvalue weighted by atomic mass is 9.95. The number of phenols is 1. The molecule has 2 aromatic carbocycles. The second-order valence-corrected chi connectivity index (χ2v) is 13.3. The molecule has 0 spiro atoms. The first kappa shape index (κ1) is 26.6. The number of phenolic OH excluding ortho intramolecular Hbond substituents is 1. The van der Waals surface area contributed by atoms with E-state index in [0.29, 0.717) is 24.7 Å². The van der Waals surface area contributed by atoms with Crippen molar-refractivity contribution in [2.45, 2.75) is 69.5 Å². The average Bonchev–Trinajstić information content (AvgIpc) is 3.68. The first-order valence-corrected chi connectivity index (χ1v) is 16.2. The molecule has 4 aromatic rings. The molecule has 4 aliphatic rings. The van der Waals surface area contributed by atoms with Crippen molar-refractivity contribution >= 4 is 42.0 Å². The number of anilines is 1. The minimum atomic E-state index is 0.122. The summed E-state index contributed by atoms with van der Waals surface area (Å²) in [6.07, 6.45) is 10.1. The van der Waals surface area contributed by atoms with E-state index in [4.69, 9.17) is 19.7 Å². The molecular formula is C33H39N6O2P. The van der Waals surface area contributed by atoms with E-state index in [0.717, 1.165) is 63.6 Å². The number of nitrogens with zero attached hydrogens (tertiary/aromatic N) is 5. The lowest BCUT2D eigenvalue weighted by molar-refractivity contribution is 0.108. The van der Waals surface area contributed by atoms with Crippen molar-refractivity contribution in [3.63, 3.8) is 0 Å². The van der Waals surface area contributed by atoms with Gasteiger partial charge in [-0.15, -0.1) is 9.24 Å². The standard InChI is InChI=1S/C33H39N6O2P/c1-2-20-6-3-7-21-14-24(40)15-25(27(20)21)28-30(42)29-26(16-34-28)31(38-17-22-8-9-23(18-38)35-22)37-32(36-29)41-19-33-10-4-12-39(33)13-5-11-33/h3,6-7,14-16,22-23,35,40H,2,4-5,8-13,17-19,42H2,1H3. The van der Waals surface area contributed by atoms with Gasteiger partial charge < -0.3 is 20.1 Å². The van der Waals surface area contributed by atoms with Crippen LogP contribution in [0.25, 0.3) is 32.9 Å². The Balaban J connectivity index is 1.27. The predicted molar refractivity (Wildman–Crippen MR) is 171 cm³/mol. The molecule has 4 saturated heterocycles. The highest BCUT2D eigenvalue weighted by Crippen LogP contribution is 2.40. The third-order valence-corrected chi connectivity index (χ3v) is 10.8. The van der Waals surface area contributed by atoms with Crippen molar-refractivity contribution in [2.75, 3.05) is 37.7 Å². The van der Waals surface area contributed by atoms with Crippen molar-refractivity contribution in [2.24, 2.45) is 0 Å². The molecule has 218 valence electrons. The summed E-state index contributed by atoms with van der Waals surface area (Å²) in [5, 5.41) is 18.4. The number of ether oxygens (including phenoxy) is 1. The summed E-state index contributed by atoms with van der Waals surface area (Å²) >= 11 is 0. The molecule has 42 heavy (non-hydrogen) atoms. The van der Waals surface area contributed by atoms with Gasteiger partial charge in [0.1, 0.15) is 18.2 Å². The number of aromatic nitrogens is 3. The third kappa shape index (κ3) is 4.33. The quantitative estimate of drug-likeness (QED) is 0.320. The van der Waals surface area contributed by atoms with E-state index in [1.807, 2.05) is 18.3 Å². The van der Waals surface area contributed by atoms with Crippen molar-refractivity contribution in [1.29, 1.82) is 0 Å². The van der Waals surface area contributed by atoms with Crippen molar-refractivity contribution < 1.29 is 9.84 Å². The topological polar surface area (TPSA) is 86.6 Å². The minimum absolute atomic E-state index is 0.122. The van der Waals surface area contributed by atoms with Crippen LogP contribution in [0.4, 0.5) is 5.82 Å². The summed E-state index contributed by atoms with van der Waals surface area (Å²) in [4.78, 5) is 20.2. The smallest absolute Gasteiger partial charge is 0.319 e. The summed E-state index contributed by atoms with van der Waals surface area (Å²) < 4.78 is 6.55. The Hall–Kier alpha value is -3.06. The Labute approximate surface area is 249 Å². The highest BCUT2D eigenvalue weighted by atomic mass is 31.0. The molecule has 9 heteroatoms. The van der Waals surface area contributed by atoms with Crippen molar-refractivity contribution in [3.8, 4) is 23.0 Å². The zero-order valence-electron chi connectivity index (χ0n) is 24.3. The molecule has 3 unspecified atom stereocenters. The van der Waals surface area contributed by atoms with Gasteiger partial charge in [0, 0.05) is 42.2 Å². The van der Waals surface area contributed by atoms with E-state index >= 15 is 0 Å². The molecule has 4 aliphatic heterocycles. The molecule has 4 fully saturated rings. The molecule has 0 amide bonds. The second kappa shape index (κ2) is 10.3. The molecular weight excluding hydrogens is 543 g/mol. The number of fused-ring (bicyclic) bond motifs is 5. The summed E-state index contributed by atoms with van der Waals surface area (Å²) in [5.41, 5.74) is 3.92. The number of aromatic hydroxyl groups is 1. The SMILES string of the molecule is CCc1cccc2cc(O)cc(-c3ncc4c(N5CC6CCC(C5)N6)nc(OCC56CCCN5CCC6)nc4c3P)c12. The molecule has 2 bridgehead atoms. The number of pyridine rings is 1. The molecule has 6 heterocycles. The van der Waals surface area contributed by atoms with Gasteiger partial charge in [-0.1, -0.05) is 25.1 Å². The monoisotopic (exact) mass is 582 g/mol. The number of piperazine rings is 1. The van der Waals surface area contributed by atoms with Gasteiger partial charge in [-0.3, -0.25) is 9.88 Å². The van der Waals surface area contributed by atoms with Gasteiger partial charge in [0.25, 0.3) is 0 Å². The van der Waals surface area contributed by atoms with Crippen LogP contribution in [0.1, 0.15) is 51.0 Å². The van der Waals surface area contributed by atoms with E-state index < -0.39 is 0 Å². The largest absolute Gasteiger partial charge is 0.508 e. The number of hydrogen-bond donors (Lipinski definition) is 2. The fourth-order valence-electron chi connectivity index (χ4n) is 8.19. The van der Waals surface area contributed by atoms with Crippen LogP contribution >= 0.6 is 9.24 Å². The Bertz CT molecular complexity index is 1670. The zero-order valence-corrected chi connectivity index (χ0v) is 25.4. The van der Waals surface area contributed by atoms with Gasteiger partial charge in [-0.05, 0) is 86.5 Å². The van der Waals surface area contributed by atoms with Gasteiger partial charge in [-0.2, -0.15) is 9.97 Å². The number of rotatable bonds is 6. The van der Waals surface area contributed by atoms with Crippen LogP contribution in [0, 0.1) is 0 Å². The Morgan fingerprint density at radius 2 is 1.88 bits per heavy atom. The third-order valence-electron chi connectivity index (χ3n) is 10.2. The number of benzene rings is 2. The van der Waals surface area contributed by atoms with Gasteiger partial charge in [-0.25, -0.2) is 0 Å². The lowest BCUT2D eigenvalue weighted by Gasteiger charge is -2.34. The molecule has 0 aliphatic carbocycles. The van der Waals surface area contributed by atoms with Crippen LogP contribution in [0.5, 0.6) is 11.8 Å². The fraction of sp³-hybridized carbons (Fsp3) is 0.485. The Morgan fingerprint density at radius 3 is 2.64 bits per heavy atom. The van der Waals surface area contributed by atoms with Crippen LogP contribution in [0.2, 0.25) is 0 Å². The van der Waals surface area contributed by atoms with Gasteiger partial charge in [0.05, 0.1) is 22.1 Å². The summed E-state index contributed by atoms with van der Waals surface area (Å²) in [5.74, 6) is 1.15. The second-order valence-electron chi connectivity index (χ2n) is 12.7. The number of aryl methyl sites for hydroxylation is 1. The zero-order chi connectivity index (χ0) is 28.4. The van der Waals surface area contributed by atoms with Gasteiger partial charge in [0.15, 0.2) is 0 Å². The lowest BCUT2D eigenvalue weighted by Crippen LogP contribution is -2.51. The van der Waals surface area contributed by atoms with Gasteiger partial charge in [0.2, 0.25) is 0 Å². The van der Waals surface area contributed by atoms with Crippen molar-refractivity contribution in [1.82, 2.24) is 25.2 Å². The maximum Gasteiger partial charge on any atom is 0.319 e.